The lowest BCUT2D eigenvalue weighted by Gasteiger charge is -2.32. The molecule has 1 aliphatic heterocycles. The summed E-state index contributed by atoms with van der Waals surface area (Å²) in [6.45, 7) is 2.45. The zero-order chi connectivity index (χ0) is 9.84. The topological polar surface area (TPSA) is 81.6 Å². The summed E-state index contributed by atoms with van der Waals surface area (Å²) in [6, 6.07) is -0.243. The lowest BCUT2D eigenvalue weighted by Crippen LogP contribution is -2.56. The predicted molar refractivity (Wildman–Crippen MR) is 47.1 cm³/mol. The van der Waals surface area contributed by atoms with Gasteiger partial charge in [-0.15, -0.1) is 0 Å². The molecular formula is C8H16N2O3. The van der Waals surface area contributed by atoms with Gasteiger partial charge in [0.25, 0.3) is 0 Å². The van der Waals surface area contributed by atoms with Gasteiger partial charge >= 0.3 is 0 Å². The first-order valence-corrected chi connectivity index (χ1v) is 4.45. The molecule has 1 rings (SSSR count). The largest absolute Gasteiger partial charge is 0.390 e. The summed E-state index contributed by atoms with van der Waals surface area (Å²) in [7, 11) is 0. The molecule has 0 unspecified atom stereocenters. The number of piperidine rings is 1. The molecule has 1 heterocycles. The number of aliphatic hydroxyl groups excluding tert-OH is 2. The van der Waals surface area contributed by atoms with Gasteiger partial charge in [-0.25, -0.2) is 0 Å². The van der Waals surface area contributed by atoms with Crippen molar-refractivity contribution in [3.05, 3.63) is 0 Å². The second kappa shape index (κ2) is 4.55. The van der Waals surface area contributed by atoms with E-state index in [1.165, 1.54) is 6.92 Å². The standard InChI is InChI=1S/C8H16N2O3/c1-5(11)10-4-6-8(13)7(12)2-3-9-6/h6-9,12-13H,2-4H2,1H3,(H,10,11)/t6-,7-,8-/m1/s1. The number of hydrogen-bond donors (Lipinski definition) is 4. The number of carbonyl (C=O) groups is 1. The van der Waals surface area contributed by atoms with Gasteiger partial charge in [0.1, 0.15) is 0 Å². The third kappa shape index (κ3) is 2.95. The third-order valence-corrected chi connectivity index (χ3v) is 2.22. The number of rotatable bonds is 2. The molecule has 1 amide bonds. The van der Waals surface area contributed by atoms with Crippen LogP contribution in [0.1, 0.15) is 13.3 Å². The molecule has 0 bridgehead atoms. The Morgan fingerprint density at radius 1 is 1.62 bits per heavy atom. The molecule has 0 spiro atoms. The molecule has 0 radical (unpaired) electrons. The van der Waals surface area contributed by atoms with E-state index < -0.39 is 12.2 Å². The average molecular weight is 188 g/mol. The highest BCUT2D eigenvalue weighted by molar-refractivity contribution is 5.72. The van der Waals surface area contributed by atoms with E-state index in [4.69, 9.17) is 0 Å². The van der Waals surface area contributed by atoms with Crippen molar-refractivity contribution in [3.63, 3.8) is 0 Å². The van der Waals surface area contributed by atoms with Gasteiger partial charge < -0.3 is 20.8 Å². The molecule has 0 aromatic carbocycles. The minimum atomic E-state index is -0.791. The summed E-state index contributed by atoms with van der Waals surface area (Å²) in [6.07, 6.45) is -0.918. The van der Waals surface area contributed by atoms with Crippen molar-refractivity contribution in [1.29, 1.82) is 0 Å². The van der Waals surface area contributed by atoms with Crippen molar-refractivity contribution >= 4 is 5.91 Å². The summed E-state index contributed by atoms with van der Waals surface area (Å²) in [5.74, 6) is -0.130. The van der Waals surface area contributed by atoms with Gasteiger partial charge in [0.15, 0.2) is 0 Å². The highest BCUT2D eigenvalue weighted by Gasteiger charge is 2.29. The van der Waals surface area contributed by atoms with Crippen LogP contribution >= 0.6 is 0 Å². The van der Waals surface area contributed by atoms with E-state index in [1.807, 2.05) is 0 Å². The van der Waals surface area contributed by atoms with Crippen LogP contribution in [0.4, 0.5) is 0 Å². The Morgan fingerprint density at radius 2 is 2.31 bits per heavy atom. The predicted octanol–water partition coefficient (Wildman–Crippen LogP) is -1.79. The molecule has 1 saturated heterocycles. The monoisotopic (exact) mass is 188 g/mol. The van der Waals surface area contributed by atoms with E-state index in [2.05, 4.69) is 10.6 Å². The van der Waals surface area contributed by atoms with Crippen LogP contribution in [0.5, 0.6) is 0 Å². The maximum absolute atomic E-state index is 10.6. The van der Waals surface area contributed by atoms with Crippen LogP contribution in [0.25, 0.3) is 0 Å². The molecule has 76 valence electrons. The molecular weight excluding hydrogens is 172 g/mol. The molecule has 0 aromatic heterocycles. The smallest absolute Gasteiger partial charge is 0.216 e. The first-order valence-electron chi connectivity index (χ1n) is 4.45. The third-order valence-electron chi connectivity index (χ3n) is 2.22. The lowest BCUT2D eigenvalue weighted by molar-refractivity contribution is -0.119. The Balaban J connectivity index is 2.35. The minimum Gasteiger partial charge on any atom is -0.390 e. The van der Waals surface area contributed by atoms with Crippen LogP contribution in [-0.4, -0.2) is 47.5 Å². The van der Waals surface area contributed by atoms with Crippen LogP contribution in [0.15, 0.2) is 0 Å². The van der Waals surface area contributed by atoms with Crippen LogP contribution in [-0.2, 0) is 4.79 Å². The molecule has 1 aliphatic rings. The molecule has 13 heavy (non-hydrogen) atoms. The van der Waals surface area contributed by atoms with Crippen molar-refractivity contribution in [2.24, 2.45) is 0 Å². The number of carbonyl (C=O) groups excluding carboxylic acids is 1. The maximum atomic E-state index is 10.6. The zero-order valence-electron chi connectivity index (χ0n) is 7.66. The van der Waals surface area contributed by atoms with E-state index in [1.54, 1.807) is 0 Å². The second-order valence-corrected chi connectivity index (χ2v) is 3.34. The summed E-state index contributed by atoms with van der Waals surface area (Å²) < 4.78 is 0. The highest BCUT2D eigenvalue weighted by Crippen LogP contribution is 2.08. The molecule has 3 atom stereocenters. The van der Waals surface area contributed by atoms with Gasteiger partial charge in [0, 0.05) is 13.5 Å². The summed E-state index contributed by atoms with van der Waals surface area (Å²) in [5, 5.41) is 24.4. The number of aliphatic hydroxyl groups is 2. The molecule has 0 aromatic rings. The molecule has 5 nitrogen and oxygen atoms in total. The molecule has 5 heteroatoms. The Labute approximate surface area is 77.1 Å². The fraction of sp³-hybridized carbons (Fsp3) is 0.875. The molecule has 0 aliphatic carbocycles. The van der Waals surface area contributed by atoms with E-state index in [9.17, 15) is 15.0 Å². The fourth-order valence-electron chi connectivity index (χ4n) is 1.42. The van der Waals surface area contributed by atoms with Crippen molar-refractivity contribution in [2.75, 3.05) is 13.1 Å². The fourth-order valence-corrected chi connectivity index (χ4v) is 1.42. The SMILES string of the molecule is CC(=O)NC[C@H]1NCC[C@@H](O)[C@@H]1O. The summed E-state index contributed by atoms with van der Waals surface area (Å²) in [4.78, 5) is 10.6. The number of hydrogen-bond acceptors (Lipinski definition) is 4. The van der Waals surface area contributed by atoms with Crippen molar-refractivity contribution in [2.45, 2.75) is 31.6 Å². The van der Waals surface area contributed by atoms with Gasteiger partial charge in [0.05, 0.1) is 18.2 Å². The highest BCUT2D eigenvalue weighted by atomic mass is 16.3. The van der Waals surface area contributed by atoms with Crippen molar-refractivity contribution in [1.82, 2.24) is 10.6 Å². The number of nitrogens with one attached hydrogen (secondary N) is 2. The quantitative estimate of drug-likeness (QED) is 0.412. The van der Waals surface area contributed by atoms with E-state index >= 15 is 0 Å². The summed E-state index contributed by atoms with van der Waals surface area (Å²) >= 11 is 0. The Hall–Kier alpha value is -0.650. The lowest BCUT2D eigenvalue weighted by atomic mass is 9.98. The minimum absolute atomic E-state index is 0.130. The van der Waals surface area contributed by atoms with E-state index in [-0.39, 0.29) is 11.9 Å². The summed E-state index contributed by atoms with van der Waals surface area (Å²) in [5.41, 5.74) is 0. The normalized spacial score (nSPS) is 34.2. The van der Waals surface area contributed by atoms with Crippen LogP contribution in [0, 0.1) is 0 Å². The van der Waals surface area contributed by atoms with Crippen LogP contribution in [0.3, 0.4) is 0 Å². The van der Waals surface area contributed by atoms with Crippen LogP contribution in [0.2, 0.25) is 0 Å². The van der Waals surface area contributed by atoms with Gasteiger partial charge in [-0.05, 0) is 13.0 Å². The van der Waals surface area contributed by atoms with Gasteiger partial charge in [-0.1, -0.05) is 0 Å². The number of amides is 1. The Morgan fingerprint density at radius 3 is 2.92 bits per heavy atom. The van der Waals surface area contributed by atoms with E-state index in [0.29, 0.717) is 19.5 Å². The maximum Gasteiger partial charge on any atom is 0.216 e. The first-order chi connectivity index (χ1) is 6.11. The van der Waals surface area contributed by atoms with E-state index in [0.717, 1.165) is 0 Å². The van der Waals surface area contributed by atoms with Crippen LogP contribution < -0.4 is 10.6 Å². The zero-order valence-corrected chi connectivity index (χ0v) is 7.66. The van der Waals surface area contributed by atoms with Crippen molar-refractivity contribution < 1.29 is 15.0 Å². The second-order valence-electron chi connectivity index (χ2n) is 3.34. The van der Waals surface area contributed by atoms with Crippen molar-refractivity contribution in [3.8, 4) is 0 Å². The Kier molecular flexibility index (Phi) is 3.65. The molecule has 1 fully saturated rings. The van der Waals surface area contributed by atoms with Gasteiger partial charge in [-0.3, -0.25) is 4.79 Å². The first kappa shape index (κ1) is 10.4. The molecule has 4 N–H and O–H groups in total. The average Bonchev–Trinajstić information content (AvgIpc) is 2.07. The Bertz CT molecular complexity index is 186. The van der Waals surface area contributed by atoms with Gasteiger partial charge in [0.2, 0.25) is 5.91 Å². The van der Waals surface area contributed by atoms with Gasteiger partial charge in [-0.2, -0.15) is 0 Å². The molecule has 0 saturated carbocycles.